The van der Waals surface area contributed by atoms with Crippen LogP contribution in [0, 0.1) is 11.3 Å². The van der Waals surface area contributed by atoms with Crippen molar-refractivity contribution in [2.24, 2.45) is 11.3 Å². The van der Waals surface area contributed by atoms with Crippen molar-refractivity contribution in [3.63, 3.8) is 0 Å². The number of carboxylic acid groups (broad SMARTS) is 1. The molecule has 0 radical (unpaired) electrons. The van der Waals surface area contributed by atoms with Crippen molar-refractivity contribution in [3.8, 4) is 0 Å². The monoisotopic (exact) mass is 113 g/mol. The Balaban J connectivity index is 2.60. The highest BCUT2D eigenvalue weighted by Crippen LogP contribution is 2.50. The molecule has 0 aromatic rings. The van der Waals surface area contributed by atoms with Crippen LogP contribution in [-0.2, 0) is 4.79 Å². The van der Waals surface area contributed by atoms with Crippen LogP contribution in [0.2, 0.25) is 0 Å². The lowest BCUT2D eigenvalue weighted by molar-refractivity contribution is -0.313. The molecule has 2 heteroatoms. The zero-order valence-electron chi connectivity index (χ0n) is 5.10. The lowest BCUT2D eigenvalue weighted by Crippen LogP contribution is -2.31. The predicted octanol–water partition coefficient (Wildman–Crippen LogP) is -0.218. The molecular formula is C6H9O2-. The molecule has 2 unspecified atom stereocenters. The smallest absolute Gasteiger partial charge is 0.0476 e. The third kappa shape index (κ3) is 0.522. The number of hydrogen-bond acceptors (Lipinski definition) is 2. The van der Waals surface area contributed by atoms with E-state index in [-0.39, 0.29) is 0 Å². The summed E-state index contributed by atoms with van der Waals surface area (Å²) in [5, 5.41) is 10.2. The Hall–Kier alpha value is -0.530. The number of carbonyl (C=O) groups excluding carboxylic acids is 1. The average molecular weight is 113 g/mol. The van der Waals surface area contributed by atoms with Crippen LogP contribution in [0.25, 0.3) is 0 Å². The van der Waals surface area contributed by atoms with E-state index < -0.39 is 11.4 Å². The van der Waals surface area contributed by atoms with Gasteiger partial charge < -0.3 is 9.90 Å². The Bertz CT molecular complexity index is 130. The van der Waals surface area contributed by atoms with E-state index in [4.69, 9.17) is 0 Å². The van der Waals surface area contributed by atoms with Crippen LogP contribution >= 0.6 is 0 Å². The maximum absolute atomic E-state index is 10.2. The van der Waals surface area contributed by atoms with Gasteiger partial charge in [-0.15, -0.1) is 0 Å². The Labute approximate surface area is 48.5 Å². The number of carbonyl (C=O) groups is 1. The molecule has 0 bridgehead atoms. The summed E-state index contributed by atoms with van der Waals surface area (Å²) in [5.41, 5.74) is -0.486. The van der Waals surface area contributed by atoms with Crippen molar-refractivity contribution >= 4 is 5.97 Å². The molecule has 0 amide bonds. The fourth-order valence-corrected chi connectivity index (χ4v) is 0.862. The minimum atomic E-state index is -0.898. The van der Waals surface area contributed by atoms with E-state index in [1.54, 1.807) is 6.92 Å². The minimum Gasteiger partial charge on any atom is -0.550 e. The van der Waals surface area contributed by atoms with E-state index >= 15 is 0 Å². The van der Waals surface area contributed by atoms with Gasteiger partial charge >= 0.3 is 0 Å². The molecule has 8 heavy (non-hydrogen) atoms. The Morgan fingerprint density at radius 2 is 2.25 bits per heavy atom. The standard InChI is InChI=1S/C6H10O2/c1-4-3-6(4,2)5(7)8/h4H,3H2,1-2H3,(H,7,8)/p-1. The van der Waals surface area contributed by atoms with E-state index in [9.17, 15) is 9.90 Å². The molecule has 1 saturated carbocycles. The molecule has 0 aromatic heterocycles. The fraction of sp³-hybridized carbons (Fsp3) is 0.833. The summed E-state index contributed by atoms with van der Waals surface area (Å²) in [7, 11) is 0. The first-order valence-corrected chi connectivity index (χ1v) is 2.79. The highest BCUT2D eigenvalue weighted by atomic mass is 16.4. The molecule has 0 aliphatic heterocycles. The zero-order chi connectivity index (χ0) is 6.36. The normalized spacial score (nSPS) is 44.0. The molecule has 2 nitrogen and oxygen atoms in total. The topological polar surface area (TPSA) is 40.1 Å². The molecule has 1 aliphatic carbocycles. The van der Waals surface area contributed by atoms with Crippen molar-refractivity contribution in [2.75, 3.05) is 0 Å². The van der Waals surface area contributed by atoms with Crippen molar-refractivity contribution in [2.45, 2.75) is 20.3 Å². The highest BCUT2D eigenvalue weighted by molar-refractivity contribution is 5.75. The van der Waals surface area contributed by atoms with Gasteiger partial charge in [0.05, 0.1) is 0 Å². The Morgan fingerprint density at radius 3 is 2.25 bits per heavy atom. The first kappa shape index (κ1) is 5.60. The second kappa shape index (κ2) is 1.24. The van der Waals surface area contributed by atoms with Crippen LogP contribution in [0.1, 0.15) is 20.3 Å². The number of hydrogen-bond donors (Lipinski definition) is 0. The van der Waals surface area contributed by atoms with Gasteiger partial charge in [0.25, 0.3) is 0 Å². The van der Waals surface area contributed by atoms with Crippen LogP contribution < -0.4 is 5.11 Å². The third-order valence-corrected chi connectivity index (χ3v) is 2.12. The van der Waals surface area contributed by atoms with Crippen molar-refractivity contribution in [1.29, 1.82) is 0 Å². The van der Waals surface area contributed by atoms with Crippen molar-refractivity contribution in [1.82, 2.24) is 0 Å². The number of carboxylic acids is 1. The highest BCUT2D eigenvalue weighted by Gasteiger charge is 2.47. The summed E-state index contributed by atoms with van der Waals surface area (Å²) in [6, 6.07) is 0. The van der Waals surface area contributed by atoms with Crippen LogP contribution in [0.4, 0.5) is 0 Å². The Morgan fingerprint density at radius 1 is 1.88 bits per heavy atom. The number of rotatable bonds is 1. The lowest BCUT2D eigenvalue weighted by Gasteiger charge is -2.08. The minimum absolute atomic E-state index is 0.326. The molecule has 0 N–H and O–H groups in total. The van der Waals surface area contributed by atoms with E-state index in [0.29, 0.717) is 5.92 Å². The lowest BCUT2D eigenvalue weighted by atomic mass is 10.1. The van der Waals surface area contributed by atoms with E-state index in [1.807, 2.05) is 6.92 Å². The predicted molar refractivity (Wildman–Crippen MR) is 26.9 cm³/mol. The Kier molecular flexibility index (Phi) is 0.872. The molecular weight excluding hydrogens is 104 g/mol. The van der Waals surface area contributed by atoms with Gasteiger partial charge in [-0.1, -0.05) is 13.8 Å². The fourth-order valence-electron chi connectivity index (χ4n) is 0.862. The summed E-state index contributed by atoms with van der Waals surface area (Å²) in [6.45, 7) is 3.66. The molecule has 1 fully saturated rings. The van der Waals surface area contributed by atoms with Gasteiger partial charge in [0.15, 0.2) is 0 Å². The maximum atomic E-state index is 10.2. The maximum Gasteiger partial charge on any atom is 0.0476 e. The van der Waals surface area contributed by atoms with Crippen LogP contribution in [-0.4, -0.2) is 5.97 Å². The largest absolute Gasteiger partial charge is 0.550 e. The second-order valence-corrected chi connectivity index (χ2v) is 2.81. The molecule has 0 heterocycles. The molecule has 0 aromatic carbocycles. The third-order valence-electron chi connectivity index (χ3n) is 2.12. The van der Waals surface area contributed by atoms with Crippen molar-refractivity contribution < 1.29 is 9.90 Å². The van der Waals surface area contributed by atoms with Gasteiger partial charge in [0.2, 0.25) is 0 Å². The summed E-state index contributed by atoms with van der Waals surface area (Å²) in [4.78, 5) is 10.2. The molecule has 0 spiro atoms. The summed E-state index contributed by atoms with van der Waals surface area (Å²) >= 11 is 0. The van der Waals surface area contributed by atoms with Crippen LogP contribution in [0.5, 0.6) is 0 Å². The average Bonchev–Trinajstić information content (AvgIpc) is 2.17. The SMILES string of the molecule is CC1CC1(C)C(=O)[O-]. The van der Waals surface area contributed by atoms with Crippen LogP contribution in [0.3, 0.4) is 0 Å². The summed E-state index contributed by atoms with van der Waals surface area (Å²) in [5.74, 6) is -0.572. The molecule has 1 aliphatic rings. The zero-order valence-corrected chi connectivity index (χ0v) is 5.10. The van der Waals surface area contributed by atoms with Gasteiger partial charge in [-0.05, 0) is 12.3 Å². The van der Waals surface area contributed by atoms with Gasteiger partial charge in [-0.25, -0.2) is 0 Å². The quantitative estimate of drug-likeness (QED) is 0.471. The molecule has 2 atom stereocenters. The summed E-state index contributed by atoms with van der Waals surface area (Å²) in [6.07, 6.45) is 0.787. The van der Waals surface area contributed by atoms with Gasteiger partial charge in [0, 0.05) is 11.4 Å². The molecule has 0 saturated heterocycles. The van der Waals surface area contributed by atoms with Crippen LogP contribution in [0.15, 0.2) is 0 Å². The van der Waals surface area contributed by atoms with E-state index in [0.717, 1.165) is 6.42 Å². The van der Waals surface area contributed by atoms with Gasteiger partial charge in [-0.3, -0.25) is 0 Å². The number of aliphatic carboxylic acids is 1. The molecule has 46 valence electrons. The summed E-state index contributed by atoms with van der Waals surface area (Å²) < 4.78 is 0. The second-order valence-electron chi connectivity index (χ2n) is 2.81. The van der Waals surface area contributed by atoms with E-state index in [1.165, 1.54) is 0 Å². The van der Waals surface area contributed by atoms with Gasteiger partial charge in [-0.2, -0.15) is 0 Å². The van der Waals surface area contributed by atoms with E-state index in [2.05, 4.69) is 0 Å². The van der Waals surface area contributed by atoms with Gasteiger partial charge in [0.1, 0.15) is 0 Å². The first-order valence-electron chi connectivity index (χ1n) is 2.79. The first-order chi connectivity index (χ1) is 3.57. The molecule has 1 rings (SSSR count). The van der Waals surface area contributed by atoms with Crippen molar-refractivity contribution in [3.05, 3.63) is 0 Å².